The lowest BCUT2D eigenvalue weighted by atomic mass is 10.1. The van der Waals surface area contributed by atoms with Crippen LogP contribution in [0.5, 0.6) is 5.75 Å². The van der Waals surface area contributed by atoms with Crippen LogP contribution < -0.4 is 4.74 Å². The number of nitrogens with zero attached hydrogens (tertiary/aromatic N) is 2. The zero-order valence-corrected chi connectivity index (χ0v) is 15.5. The first-order valence-corrected chi connectivity index (χ1v) is 10.0. The molecule has 0 bridgehead atoms. The zero-order valence-electron chi connectivity index (χ0n) is 14.7. The fourth-order valence-electron chi connectivity index (χ4n) is 3.12. The van der Waals surface area contributed by atoms with Crippen molar-refractivity contribution in [3.05, 3.63) is 54.2 Å². The molecule has 27 heavy (non-hydrogen) atoms. The topological polar surface area (TPSA) is 89.7 Å². The molecule has 2 aromatic carbocycles. The van der Waals surface area contributed by atoms with Crippen LogP contribution in [0.3, 0.4) is 0 Å². The predicted octanol–water partition coefficient (Wildman–Crippen LogP) is 2.06. The van der Waals surface area contributed by atoms with Gasteiger partial charge in [-0.2, -0.15) is 0 Å². The molecule has 1 amide bonds. The molecule has 7 nitrogen and oxygen atoms in total. The molecule has 0 aliphatic carbocycles. The highest BCUT2D eigenvalue weighted by Gasteiger charge is 2.40. The minimum absolute atomic E-state index is 0.0896. The maximum absolute atomic E-state index is 12.7. The molecule has 1 aliphatic heterocycles. The largest absolute Gasteiger partial charge is 0.497 e. The summed E-state index contributed by atoms with van der Waals surface area (Å²) < 4.78 is 35.6. The van der Waals surface area contributed by atoms with Crippen molar-refractivity contribution in [1.29, 1.82) is 0 Å². The van der Waals surface area contributed by atoms with Crippen LogP contribution in [0.4, 0.5) is 0 Å². The van der Waals surface area contributed by atoms with Crippen molar-refractivity contribution in [2.75, 3.05) is 20.2 Å². The van der Waals surface area contributed by atoms with Gasteiger partial charge in [-0.05, 0) is 36.4 Å². The Balaban J connectivity index is 1.41. The van der Waals surface area contributed by atoms with Crippen LogP contribution in [0.25, 0.3) is 11.0 Å². The minimum Gasteiger partial charge on any atom is -0.497 e. The number of ether oxygens (including phenoxy) is 1. The van der Waals surface area contributed by atoms with E-state index >= 15 is 0 Å². The average molecular weight is 386 g/mol. The SMILES string of the molecule is COc1ccc(S(=O)(=O)C2CN(C(=O)Cc3noc4ccccc34)C2)cc1. The summed E-state index contributed by atoms with van der Waals surface area (Å²) in [4.78, 5) is 14.2. The van der Waals surface area contributed by atoms with Crippen LogP contribution in [0.1, 0.15) is 5.69 Å². The highest BCUT2D eigenvalue weighted by Crippen LogP contribution is 2.26. The van der Waals surface area contributed by atoms with E-state index < -0.39 is 15.1 Å². The van der Waals surface area contributed by atoms with Gasteiger partial charge >= 0.3 is 0 Å². The summed E-state index contributed by atoms with van der Waals surface area (Å²) >= 11 is 0. The number of aromatic nitrogens is 1. The summed E-state index contributed by atoms with van der Waals surface area (Å²) in [6.07, 6.45) is 0.0896. The third kappa shape index (κ3) is 3.16. The van der Waals surface area contributed by atoms with Gasteiger partial charge in [-0.15, -0.1) is 0 Å². The van der Waals surface area contributed by atoms with Crippen molar-refractivity contribution in [2.24, 2.45) is 0 Å². The third-order valence-electron chi connectivity index (χ3n) is 4.80. The highest BCUT2D eigenvalue weighted by molar-refractivity contribution is 7.92. The highest BCUT2D eigenvalue weighted by atomic mass is 32.2. The van der Waals surface area contributed by atoms with E-state index in [2.05, 4.69) is 5.16 Å². The molecular weight excluding hydrogens is 368 g/mol. The van der Waals surface area contributed by atoms with Crippen LogP contribution >= 0.6 is 0 Å². The predicted molar refractivity (Wildman–Crippen MR) is 98.3 cm³/mol. The van der Waals surface area contributed by atoms with Crippen molar-refractivity contribution < 1.29 is 22.5 Å². The molecule has 1 saturated heterocycles. The van der Waals surface area contributed by atoms with Gasteiger partial charge in [0.05, 0.1) is 18.4 Å². The normalized spacial score (nSPS) is 14.9. The van der Waals surface area contributed by atoms with Gasteiger partial charge in [0.1, 0.15) is 16.7 Å². The Labute approximate surface area is 156 Å². The number of hydrogen-bond donors (Lipinski definition) is 0. The van der Waals surface area contributed by atoms with Gasteiger partial charge in [-0.1, -0.05) is 17.3 Å². The van der Waals surface area contributed by atoms with Crippen LogP contribution in [0.15, 0.2) is 57.9 Å². The summed E-state index contributed by atoms with van der Waals surface area (Å²) in [6, 6.07) is 13.6. The quantitative estimate of drug-likeness (QED) is 0.667. The zero-order chi connectivity index (χ0) is 19.0. The monoisotopic (exact) mass is 386 g/mol. The Morgan fingerprint density at radius 1 is 1.19 bits per heavy atom. The number of carbonyl (C=O) groups excluding carboxylic acids is 1. The summed E-state index contributed by atoms with van der Waals surface area (Å²) in [5, 5.41) is 4.16. The fourth-order valence-corrected chi connectivity index (χ4v) is 4.77. The second-order valence-corrected chi connectivity index (χ2v) is 8.67. The van der Waals surface area contributed by atoms with Crippen LogP contribution in [0.2, 0.25) is 0 Å². The van der Waals surface area contributed by atoms with Gasteiger partial charge < -0.3 is 14.2 Å². The second-order valence-electron chi connectivity index (χ2n) is 6.44. The molecule has 2 heterocycles. The van der Waals surface area contributed by atoms with Crippen molar-refractivity contribution in [2.45, 2.75) is 16.6 Å². The van der Waals surface area contributed by atoms with E-state index in [4.69, 9.17) is 9.26 Å². The number of fused-ring (bicyclic) bond motifs is 1. The molecule has 0 radical (unpaired) electrons. The van der Waals surface area contributed by atoms with Crippen molar-refractivity contribution in [3.8, 4) is 5.75 Å². The van der Waals surface area contributed by atoms with E-state index in [1.54, 1.807) is 18.2 Å². The lowest BCUT2D eigenvalue weighted by Crippen LogP contribution is -2.57. The van der Waals surface area contributed by atoms with E-state index in [0.29, 0.717) is 17.0 Å². The lowest BCUT2D eigenvalue weighted by Gasteiger charge is -2.38. The molecular formula is C19H18N2O5S. The van der Waals surface area contributed by atoms with Gasteiger partial charge in [0.2, 0.25) is 5.91 Å². The molecule has 3 aromatic rings. The molecule has 140 valence electrons. The number of likely N-dealkylation sites (tertiary alicyclic amines) is 1. The standard InChI is InChI=1S/C19H18N2O5S/c1-25-13-6-8-14(9-7-13)27(23,24)15-11-21(12-15)19(22)10-17-16-4-2-3-5-18(16)26-20-17/h2-9,15H,10-12H2,1H3. The Morgan fingerprint density at radius 3 is 2.59 bits per heavy atom. The Kier molecular flexibility index (Phi) is 4.35. The van der Waals surface area contributed by atoms with Crippen LogP contribution in [0, 0.1) is 0 Å². The second kappa shape index (κ2) is 6.70. The van der Waals surface area contributed by atoms with Gasteiger partial charge in [-0.25, -0.2) is 8.42 Å². The molecule has 1 aromatic heterocycles. The fraction of sp³-hybridized carbons (Fsp3) is 0.263. The van der Waals surface area contributed by atoms with Gasteiger partial charge in [0, 0.05) is 18.5 Å². The number of carbonyl (C=O) groups is 1. The van der Waals surface area contributed by atoms with Gasteiger partial charge in [0.25, 0.3) is 0 Å². The first-order chi connectivity index (χ1) is 13.0. The number of para-hydroxylation sites is 1. The summed E-state index contributed by atoms with van der Waals surface area (Å²) in [5.41, 5.74) is 1.20. The van der Waals surface area contributed by atoms with Gasteiger partial charge in [-0.3, -0.25) is 4.79 Å². The summed E-state index contributed by atoms with van der Waals surface area (Å²) in [7, 11) is -1.95. The summed E-state index contributed by atoms with van der Waals surface area (Å²) in [6.45, 7) is 0.367. The molecule has 0 atom stereocenters. The minimum atomic E-state index is -3.47. The maximum Gasteiger partial charge on any atom is 0.228 e. The summed E-state index contributed by atoms with van der Waals surface area (Å²) in [5.74, 6) is 0.439. The van der Waals surface area contributed by atoms with E-state index in [1.165, 1.54) is 24.1 Å². The number of benzene rings is 2. The Hall–Kier alpha value is -2.87. The molecule has 1 aliphatic rings. The Bertz CT molecular complexity index is 1080. The number of hydrogen-bond acceptors (Lipinski definition) is 6. The van der Waals surface area contributed by atoms with Crippen molar-refractivity contribution >= 4 is 26.7 Å². The van der Waals surface area contributed by atoms with Crippen molar-refractivity contribution in [1.82, 2.24) is 10.1 Å². The average Bonchev–Trinajstić information content (AvgIpc) is 3.03. The lowest BCUT2D eigenvalue weighted by molar-refractivity contribution is -0.133. The van der Waals surface area contributed by atoms with E-state index in [0.717, 1.165) is 5.39 Å². The molecule has 4 rings (SSSR count). The number of sulfone groups is 1. The van der Waals surface area contributed by atoms with Gasteiger partial charge in [0.15, 0.2) is 15.4 Å². The van der Waals surface area contributed by atoms with E-state index in [1.807, 2.05) is 18.2 Å². The third-order valence-corrected chi connectivity index (χ3v) is 6.90. The first-order valence-electron chi connectivity index (χ1n) is 8.48. The van der Waals surface area contributed by atoms with E-state index in [-0.39, 0.29) is 30.3 Å². The molecule has 0 unspecified atom stereocenters. The molecule has 8 heteroatoms. The molecule has 0 saturated carbocycles. The Morgan fingerprint density at radius 2 is 1.89 bits per heavy atom. The van der Waals surface area contributed by atoms with Crippen LogP contribution in [-0.4, -0.2) is 49.8 Å². The van der Waals surface area contributed by atoms with Crippen molar-refractivity contribution in [3.63, 3.8) is 0 Å². The number of rotatable bonds is 5. The number of amides is 1. The smallest absolute Gasteiger partial charge is 0.228 e. The molecule has 0 N–H and O–H groups in total. The molecule has 1 fully saturated rings. The van der Waals surface area contributed by atoms with Crippen LogP contribution in [-0.2, 0) is 21.1 Å². The van der Waals surface area contributed by atoms with E-state index in [9.17, 15) is 13.2 Å². The maximum atomic E-state index is 12.7. The first kappa shape index (κ1) is 17.5. The molecule has 0 spiro atoms. The number of methoxy groups -OCH3 is 1.